The maximum absolute atomic E-state index is 10.5. The Hall–Kier alpha value is -1.36. The largest absolute Gasteiger partial charge is 0.480 e. The van der Waals surface area contributed by atoms with Crippen molar-refractivity contribution in [2.75, 3.05) is 13.6 Å². The fourth-order valence-corrected chi connectivity index (χ4v) is 2.52. The van der Waals surface area contributed by atoms with Gasteiger partial charge in [-0.1, -0.05) is 70.4 Å². The van der Waals surface area contributed by atoms with Crippen LogP contribution >= 0.6 is 0 Å². The number of nitrogens with two attached hydrogens (primary N) is 1. The van der Waals surface area contributed by atoms with Gasteiger partial charge >= 0.3 is 5.97 Å². The van der Waals surface area contributed by atoms with Crippen LogP contribution in [-0.2, 0) is 9.59 Å². The molecule has 0 bridgehead atoms. The van der Waals surface area contributed by atoms with Crippen molar-refractivity contribution in [3.63, 3.8) is 0 Å². The summed E-state index contributed by atoms with van der Waals surface area (Å²) in [6.45, 7) is 2.30. The number of amides is 1. The number of aliphatic carboxylic acids is 1. The number of rotatable bonds is 17. The topological polar surface area (TPSA) is 92.4 Å². The van der Waals surface area contributed by atoms with Crippen LogP contribution in [0.3, 0.4) is 0 Å². The average molecular weight is 371 g/mol. The van der Waals surface area contributed by atoms with E-state index in [0.717, 1.165) is 12.8 Å². The van der Waals surface area contributed by atoms with E-state index < -0.39 is 5.97 Å². The first-order valence-electron chi connectivity index (χ1n) is 10.3. The molecule has 0 fully saturated rings. The second-order valence-electron chi connectivity index (χ2n) is 6.72. The Kier molecular flexibility index (Phi) is 24.4. The van der Waals surface area contributed by atoms with Gasteiger partial charge in [-0.2, -0.15) is 0 Å². The Balaban J connectivity index is 0. The lowest BCUT2D eigenvalue weighted by Crippen LogP contribution is -2.16. The SMILES string of the molecule is CCCCCC/C=C\CCCCCCCCCC(N)=O.CNCC(=O)O. The van der Waals surface area contributed by atoms with Crippen molar-refractivity contribution in [3.8, 4) is 0 Å². The second-order valence-corrected chi connectivity index (χ2v) is 6.72. The number of nitrogens with one attached hydrogen (secondary N) is 1. The molecular weight excluding hydrogens is 328 g/mol. The smallest absolute Gasteiger partial charge is 0.317 e. The van der Waals surface area contributed by atoms with Crippen molar-refractivity contribution >= 4 is 11.9 Å². The van der Waals surface area contributed by atoms with Crippen LogP contribution < -0.4 is 11.1 Å². The first-order chi connectivity index (χ1) is 12.5. The normalized spacial score (nSPS) is 10.5. The van der Waals surface area contributed by atoms with E-state index in [2.05, 4.69) is 24.4 Å². The van der Waals surface area contributed by atoms with Crippen LogP contribution in [-0.4, -0.2) is 30.6 Å². The molecule has 0 aromatic heterocycles. The second kappa shape index (κ2) is 23.6. The highest BCUT2D eigenvalue weighted by Gasteiger charge is 1.95. The number of allylic oxidation sites excluding steroid dienone is 2. The van der Waals surface area contributed by atoms with Gasteiger partial charge in [0.1, 0.15) is 0 Å². The minimum atomic E-state index is -0.822. The lowest BCUT2D eigenvalue weighted by Gasteiger charge is -2.00. The van der Waals surface area contributed by atoms with Gasteiger partial charge in [-0.05, 0) is 39.2 Å². The summed E-state index contributed by atoms with van der Waals surface area (Å²) in [5.41, 5.74) is 5.10. The molecule has 0 saturated carbocycles. The number of carbonyl (C=O) groups is 2. The Bertz CT molecular complexity index is 344. The Morgan fingerprint density at radius 2 is 1.31 bits per heavy atom. The van der Waals surface area contributed by atoms with E-state index >= 15 is 0 Å². The number of carboxylic acids is 1. The molecule has 26 heavy (non-hydrogen) atoms. The highest BCUT2D eigenvalue weighted by molar-refractivity contribution is 5.73. The van der Waals surface area contributed by atoms with Gasteiger partial charge in [0.15, 0.2) is 0 Å². The molecule has 0 radical (unpaired) electrons. The summed E-state index contributed by atoms with van der Waals surface area (Å²) in [5.74, 6) is -0.982. The summed E-state index contributed by atoms with van der Waals surface area (Å²) < 4.78 is 0. The van der Waals surface area contributed by atoms with Gasteiger partial charge < -0.3 is 16.2 Å². The molecule has 0 atom stereocenters. The van der Waals surface area contributed by atoms with Crippen LogP contribution in [0.2, 0.25) is 0 Å². The molecule has 0 aliphatic heterocycles. The van der Waals surface area contributed by atoms with Crippen LogP contribution in [0.25, 0.3) is 0 Å². The van der Waals surface area contributed by atoms with Crippen molar-refractivity contribution in [1.29, 1.82) is 0 Å². The lowest BCUT2D eigenvalue weighted by atomic mass is 10.1. The average Bonchev–Trinajstić information content (AvgIpc) is 2.58. The van der Waals surface area contributed by atoms with E-state index in [1.807, 2.05) is 0 Å². The monoisotopic (exact) mass is 370 g/mol. The number of likely N-dealkylation sites (N-methyl/N-ethyl adjacent to an activating group) is 1. The molecule has 0 aromatic carbocycles. The fraction of sp³-hybridized carbons (Fsp3) is 0.810. The minimum absolute atomic E-state index is 0.0417. The number of carboxylic acid groups (broad SMARTS) is 1. The van der Waals surface area contributed by atoms with Gasteiger partial charge in [0.25, 0.3) is 0 Å². The quantitative estimate of drug-likeness (QED) is 0.253. The summed E-state index contributed by atoms with van der Waals surface area (Å²) in [7, 11) is 1.59. The predicted octanol–water partition coefficient (Wildman–Crippen LogP) is 4.80. The summed E-state index contributed by atoms with van der Waals surface area (Å²) in [6, 6.07) is 0. The molecule has 0 heterocycles. The number of hydrogen-bond acceptors (Lipinski definition) is 3. The molecule has 0 saturated heterocycles. The van der Waals surface area contributed by atoms with Gasteiger partial charge in [0, 0.05) is 6.42 Å². The Morgan fingerprint density at radius 3 is 1.69 bits per heavy atom. The van der Waals surface area contributed by atoms with Gasteiger partial charge in [-0.25, -0.2) is 0 Å². The molecular formula is C21H42N2O3. The Morgan fingerprint density at radius 1 is 0.846 bits per heavy atom. The molecule has 0 rings (SSSR count). The van der Waals surface area contributed by atoms with Crippen LogP contribution in [0, 0.1) is 0 Å². The van der Waals surface area contributed by atoms with Crippen LogP contribution in [0.5, 0.6) is 0 Å². The standard InChI is InChI=1S/C18H35NO.C3H7NO2/c1-2-3-4-5-6-7-8-9-10-11-12-13-14-15-16-17-18(19)20;1-4-2-3(5)6/h7-8H,2-6,9-17H2,1H3,(H2,19,20);4H,2H2,1H3,(H,5,6)/b8-7-;. The molecule has 0 aromatic rings. The number of carbonyl (C=O) groups excluding carboxylic acids is 1. The summed E-state index contributed by atoms with van der Waals surface area (Å²) in [5, 5.41) is 10.3. The molecule has 0 spiro atoms. The van der Waals surface area contributed by atoms with E-state index in [4.69, 9.17) is 10.8 Å². The summed E-state index contributed by atoms with van der Waals surface area (Å²) >= 11 is 0. The zero-order valence-electron chi connectivity index (χ0n) is 17.1. The van der Waals surface area contributed by atoms with E-state index in [9.17, 15) is 9.59 Å². The highest BCUT2D eigenvalue weighted by atomic mass is 16.4. The van der Waals surface area contributed by atoms with Crippen molar-refractivity contribution in [3.05, 3.63) is 12.2 Å². The van der Waals surface area contributed by atoms with Gasteiger partial charge in [0.05, 0.1) is 6.54 Å². The molecule has 0 aliphatic rings. The fourth-order valence-electron chi connectivity index (χ4n) is 2.52. The van der Waals surface area contributed by atoms with Gasteiger partial charge in [-0.3, -0.25) is 9.59 Å². The maximum Gasteiger partial charge on any atom is 0.317 e. The van der Waals surface area contributed by atoms with E-state index in [-0.39, 0.29) is 12.5 Å². The van der Waals surface area contributed by atoms with Crippen molar-refractivity contribution in [2.24, 2.45) is 5.73 Å². The zero-order valence-corrected chi connectivity index (χ0v) is 17.1. The van der Waals surface area contributed by atoms with E-state index in [1.54, 1.807) is 7.05 Å². The third-order valence-electron chi connectivity index (χ3n) is 4.01. The molecule has 1 amide bonds. The summed E-state index contributed by atoms with van der Waals surface area (Å²) in [4.78, 5) is 20.1. The summed E-state index contributed by atoms with van der Waals surface area (Å²) in [6.07, 6.45) is 21.9. The van der Waals surface area contributed by atoms with Crippen LogP contribution in [0.4, 0.5) is 0 Å². The number of unbranched alkanes of at least 4 members (excludes halogenated alkanes) is 11. The lowest BCUT2D eigenvalue weighted by molar-refractivity contribution is -0.135. The zero-order chi connectivity index (χ0) is 19.9. The molecule has 0 unspecified atom stereocenters. The highest BCUT2D eigenvalue weighted by Crippen LogP contribution is 2.10. The van der Waals surface area contributed by atoms with Gasteiger partial charge in [0.2, 0.25) is 5.91 Å². The van der Waals surface area contributed by atoms with E-state index in [1.165, 1.54) is 70.6 Å². The van der Waals surface area contributed by atoms with E-state index in [0.29, 0.717) is 6.42 Å². The predicted molar refractivity (Wildman–Crippen MR) is 110 cm³/mol. The molecule has 5 nitrogen and oxygen atoms in total. The molecule has 0 aliphatic carbocycles. The van der Waals surface area contributed by atoms with Gasteiger partial charge in [-0.15, -0.1) is 0 Å². The molecule has 5 heteroatoms. The number of hydrogen-bond donors (Lipinski definition) is 3. The minimum Gasteiger partial charge on any atom is -0.480 e. The third-order valence-corrected chi connectivity index (χ3v) is 4.01. The molecule has 154 valence electrons. The first kappa shape index (κ1) is 26.9. The third kappa shape index (κ3) is 30.5. The number of primary amides is 1. The van der Waals surface area contributed by atoms with Crippen LogP contribution in [0.15, 0.2) is 12.2 Å². The van der Waals surface area contributed by atoms with Crippen LogP contribution in [0.1, 0.15) is 96.8 Å². The first-order valence-corrected chi connectivity index (χ1v) is 10.3. The van der Waals surface area contributed by atoms with Crippen molar-refractivity contribution in [1.82, 2.24) is 5.32 Å². The maximum atomic E-state index is 10.5. The molecule has 4 N–H and O–H groups in total. The van der Waals surface area contributed by atoms with Crippen molar-refractivity contribution in [2.45, 2.75) is 96.8 Å². The Labute approximate surface area is 160 Å². The van der Waals surface area contributed by atoms with Crippen molar-refractivity contribution < 1.29 is 14.7 Å².